The van der Waals surface area contributed by atoms with E-state index in [2.05, 4.69) is 5.10 Å². The van der Waals surface area contributed by atoms with Crippen LogP contribution < -0.4 is 5.43 Å². The highest BCUT2D eigenvalue weighted by Crippen LogP contribution is 2.34. The molecule has 0 unspecified atom stereocenters. The maximum absolute atomic E-state index is 13.8. The van der Waals surface area contributed by atoms with Crippen molar-refractivity contribution in [2.45, 2.75) is 23.0 Å². The molecule has 1 N–H and O–H groups in total. The minimum atomic E-state index is -0.762. The Morgan fingerprint density at radius 1 is 1.41 bits per heavy atom. The van der Waals surface area contributed by atoms with Crippen LogP contribution in [-0.2, 0) is 22.3 Å². The van der Waals surface area contributed by atoms with Gasteiger partial charge >= 0.3 is 5.97 Å². The van der Waals surface area contributed by atoms with Gasteiger partial charge in [0.2, 0.25) is 11.2 Å². The topological polar surface area (TPSA) is 94.6 Å². The Hall–Kier alpha value is -3.07. The maximum Gasteiger partial charge on any atom is 0.306 e. The quantitative estimate of drug-likeness (QED) is 0.465. The average Bonchev–Trinajstić information content (AvgIpc) is 3.14. The lowest BCUT2D eigenvalue weighted by atomic mass is 9.95. The van der Waals surface area contributed by atoms with Crippen molar-refractivity contribution >= 4 is 17.7 Å². The van der Waals surface area contributed by atoms with Crippen LogP contribution in [0.15, 0.2) is 56.8 Å². The first kappa shape index (κ1) is 20.7. The molecular weight excluding hydrogens is 399 g/mol. The van der Waals surface area contributed by atoms with Gasteiger partial charge in [-0.1, -0.05) is 12.1 Å². The van der Waals surface area contributed by atoms with E-state index in [4.69, 9.17) is 9.15 Å². The van der Waals surface area contributed by atoms with E-state index in [0.29, 0.717) is 10.5 Å². The van der Waals surface area contributed by atoms with Gasteiger partial charge < -0.3 is 14.3 Å². The second kappa shape index (κ2) is 8.95. The number of aromatic hydroxyl groups is 1. The van der Waals surface area contributed by atoms with Gasteiger partial charge in [0.25, 0.3) is 0 Å². The van der Waals surface area contributed by atoms with Crippen LogP contribution in [0.2, 0.25) is 0 Å². The highest BCUT2D eigenvalue weighted by atomic mass is 32.2. The second-order valence-corrected chi connectivity index (χ2v) is 7.31. The summed E-state index contributed by atoms with van der Waals surface area (Å²) in [6.07, 6.45) is 3.03. The monoisotopic (exact) mass is 418 g/mol. The number of carbonyl (C=O) groups is 1. The molecule has 0 aliphatic heterocycles. The summed E-state index contributed by atoms with van der Waals surface area (Å²) in [5, 5.41) is 14.4. The van der Waals surface area contributed by atoms with Crippen molar-refractivity contribution in [2.24, 2.45) is 7.05 Å². The molecule has 0 saturated heterocycles. The van der Waals surface area contributed by atoms with Crippen molar-refractivity contribution in [3.05, 3.63) is 75.9 Å². The van der Waals surface area contributed by atoms with Crippen LogP contribution in [-0.4, -0.2) is 28.0 Å². The molecule has 7 nitrogen and oxygen atoms in total. The van der Waals surface area contributed by atoms with E-state index in [1.807, 2.05) is 0 Å². The number of nitrogens with zero attached hydrogens (tertiary/aromatic N) is 2. The third-order valence-electron chi connectivity index (χ3n) is 4.25. The molecule has 2 aromatic heterocycles. The van der Waals surface area contributed by atoms with E-state index in [1.54, 1.807) is 31.4 Å². The SMILES string of the molecule is COC(=O)C[C@@H](c1cnn(C)c1)c1oc(CSc2ccccc2F)cc(=O)c1O. The van der Waals surface area contributed by atoms with Gasteiger partial charge in [0.1, 0.15) is 11.6 Å². The highest BCUT2D eigenvalue weighted by molar-refractivity contribution is 7.98. The number of methoxy groups -OCH3 is 1. The number of aromatic nitrogens is 2. The third kappa shape index (κ3) is 4.86. The van der Waals surface area contributed by atoms with Crippen molar-refractivity contribution < 1.29 is 23.4 Å². The van der Waals surface area contributed by atoms with Gasteiger partial charge in [-0.05, 0) is 12.1 Å². The van der Waals surface area contributed by atoms with E-state index in [1.165, 1.54) is 24.1 Å². The van der Waals surface area contributed by atoms with Gasteiger partial charge in [-0.2, -0.15) is 5.10 Å². The van der Waals surface area contributed by atoms with Crippen molar-refractivity contribution in [2.75, 3.05) is 7.11 Å². The zero-order valence-corrected chi connectivity index (χ0v) is 16.6. The summed E-state index contributed by atoms with van der Waals surface area (Å²) in [4.78, 5) is 24.6. The zero-order chi connectivity index (χ0) is 21.0. The largest absolute Gasteiger partial charge is 0.502 e. The molecule has 1 atom stereocenters. The summed E-state index contributed by atoms with van der Waals surface area (Å²) in [6.45, 7) is 0. The van der Waals surface area contributed by atoms with Crippen LogP contribution in [0.3, 0.4) is 0 Å². The maximum atomic E-state index is 13.8. The number of rotatable bonds is 7. The van der Waals surface area contributed by atoms with E-state index in [9.17, 15) is 19.1 Å². The van der Waals surface area contributed by atoms with Crippen LogP contribution in [0.25, 0.3) is 0 Å². The molecular formula is C20H19FN2O5S. The molecule has 2 heterocycles. The molecule has 0 fully saturated rings. The first-order valence-corrected chi connectivity index (χ1v) is 9.66. The van der Waals surface area contributed by atoms with Crippen LogP contribution in [0.4, 0.5) is 4.39 Å². The molecule has 0 bridgehead atoms. The molecule has 0 saturated carbocycles. The Kier molecular flexibility index (Phi) is 6.38. The molecule has 1 aromatic carbocycles. The number of esters is 1. The molecule has 152 valence electrons. The fourth-order valence-corrected chi connectivity index (χ4v) is 3.63. The number of hydrogen-bond acceptors (Lipinski definition) is 7. The number of ether oxygens (including phenoxy) is 1. The van der Waals surface area contributed by atoms with Crippen LogP contribution in [0, 0.1) is 5.82 Å². The van der Waals surface area contributed by atoms with Crippen molar-refractivity contribution in [1.82, 2.24) is 9.78 Å². The zero-order valence-electron chi connectivity index (χ0n) is 15.8. The van der Waals surface area contributed by atoms with Gasteiger partial charge in [0, 0.05) is 29.8 Å². The predicted molar refractivity (Wildman–Crippen MR) is 104 cm³/mol. The van der Waals surface area contributed by atoms with E-state index in [-0.39, 0.29) is 29.5 Å². The van der Waals surface area contributed by atoms with Crippen molar-refractivity contribution in [3.63, 3.8) is 0 Å². The lowest BCUT2D eigenvalue weighted by Crippen LogP contribution is -2.13. The Morgan fingerprint density at radius 2 is 2.17 bits per heavy atom. The fraction of sp³-hybridized carbons (Fsp3) is 0.250. The van der Waals surface area contributed by atoms with Gasteiger partial charge in [-0.3, -0.25) is 14.3 Å². The van der Waals surface area contributed by atoms with Gasteiger partial charge in [0.05, 0.1) is 31.4 Å². The molecule has 0 aliphatic rings. The summed E-state index contributed by atoms with van der Waals surface area (Å²) < 4.78 is 25.9. The molecule has 0 spiro atoms. The fourth-order valence-electron chi connectivity index (χ4n) is 2.81. The van der Waals surface area contributed by atoms with Crippen LogP contribution >= 0.6 is 11.8 Å². The van der Waals surface area contributed by atoms with E-state index < -0.39 is 23.1 Å². The standard InChI is InChI=1S/C20H19FN2O5S/c1-23-10-12(9-22-23)14(8-18(25)27-2)20-19(26)16(24)7-13(28-20)11-29-17-6-4-3-5-15(17)21/h3-7,9-10,14,26H,8,11H2,1-2H3/t14-/m0/s1. The molecule has 3 aromatic rings. The van der Waals surface area contributed by atoms with Crippen LogP contribution in [0.1, 0.15) is 29.4 Å². The molecule has 3 rings (SSSR count). The number of hydrogen-bond donors (Lipinski definition) is 1. The van der Waals surface area contributed by atoms with E-state index in [0.717, 1.165) is 17.8 Å². The average molecular weight is 418 g/mol. The van der Waals surface area contributed by atoms with Crippen molar-refractivity contribution in [1.29, 1.82) is 0 Å². The van der Waals surface area contributed by atoms with Gasteiger partial charge in [0.15, 0.2) is 5.76 Å². The Morgan fingerprint density at radius 3 is 2.83 bits per heavy atom. The van der Waals surface area contributed by atoms with E-state index >= 15 is 0 Å². The Bertz CT molecular complexity index is 1080. The number of thioether (sulfide) groups is 1. The summed E-state index contributed by atoms with van der Waals surface area (Å²) in [5.41, 5.74) is -0.0654. The minimum absolute atomic E-state index is 0.0555. The van der Waals surface area contributed by atoms with Gasteiger partial charge in [-0.25, -0.2) is 4.39 Å². The molecule has 9 heteroatoms. The number of carbonyl (C=O) groups excluding carboxylic acids is 1. The molecule has 29 heavy (non-hydrogen) atoms. The third-order valence-corrected chi connectivity index (χ3v) is 5.32. The smallest absolute Gasteiger partial charge is 0.306 e. The second-order valence-electron chi connectivity index (χ2n) is 6.29. The summed E-state index contributed by atoms with van der Waals surface area (Å²) in [6, 6.07) is 7.41. The first-order chi connectivity index (χ1) is 13.9. The first-order valence-electron chi connectivity index (χ1n) is 8.67. The lowest BCUT2D eigenvalue weighted by Gasteiger charge is -2.15. The molecule has 0 amide bonds. The Balaban J connectivity index is 1.96. The number of aryl methyl sites for hydroxylation is 1. The highest BCUT2D eigenvalue weighted by Gasteiger charge is 2.27. The van der Waals surface area contributed by atoms with Crippen LogP contribution in [0.5, 0.6) is 5.75 Å². The predicted octanol–water partition coefficient (Wildman–Crippen LogP) is 3.21. The summed E-state index contributed by atoms with van der Waals surface area (Å²) >= 11 is 1.16. The summed E-state index contributed by atoms with van der Waals surface area (Å²) in [5.74, 6) is -1.90. The Labute approximate surface area is 170 Å². The van der Waals surface area contributed by atoms with Crippen molar-refractivity contribution in [3.8, 4) is 5.75 Å². The number of halogens is 1. The number of benzene rings is 1. The van der Waals surface area contributed by atoms with Gasteiger partial charge in [-0.15, -0.1) is 11.8 Å². The normalized spacial score (nSPS) is 12.0. The minimum Gasteiger partial charge on any atom is -0.502 e. The molecule has 0 aliphatic carbocycles. The summed E-state index contributed by atoms with van der Waals surface area (Å²) in [7, 11) is 2.95. The lowest BCUT2D eigenvalue weighted by molar-refractivity contribution is -0.140. The molecule has 0 radical (unpaired) electrons.